The Morgan fingerprint density at radius 1 is 0.438 bits per heavy atom. The molecule has 0 bridgehead atoms. The van der Waals surface area contributed by atoms with E-state index >= 15 is 0 Å². The van der Waals surface area contributed by atoms with Crippen LogP contribution >= 0.6 is 0 Å². The van der Waals surface area contributed by atoms with Crippen LogP contribution in [0.25, 0.3) is 0 Å². The van der Waals surface area contributed by atoms with Gasteiger partial charge in [-0.1, -0.05) is 12.8 Å². The van der Waals surface area contributed by atoms with Crippen molar-refractivity contribution < 1.29 is 52.2 Å². The van der Waals surface area contributed by atoms with E-state index in [9.17, 15) is 0 Å². The Morgan fingerprint density at radius 2 is 0.719 bits per heavy atom. The molecule has 0 saturated heterocycles. The molecule has 0 aromatic rings. The molecule has 0 saturated carbocycles. The third kappa shape index (κ3) is 9.18. The van der Waals surface area contributed by atoms with Crippen molar-refractivity contribution in [3.05, 3.63) is 0 Å². The van der Waals surface area contributed by atoms with Gasteiger partial charge in [-0.05, 0) is 19.4 Å². The van der Waals surface area contributed by atoms with Gasteiger partial charge in [0.05, 0.1) is 0 Å². The largest absolute Gasteiger partial charge is 0.671 e. The molecule has 17 heteroatoms. The van der Waals surface area contributed by atoms with Crippen molar-refractivity contribution >= 4 is 35.9 Å². The van der Waals surface area contributed by atoms with Crippen LogP contribution in [0, 0.1) is 0 Å². The molecule has 0 rings (SSSR count). The molecular weight excluding hydrogens is 499 g/mol. The maximum atomic E-state index is 6.33. The normalized spacial score (nSPS) is 13.7. The topological polar surface area (TPSA) is 137 Å². The third-order valence-electron chi connectivity index (χ3n) is 4.53. The fourth-order valence-corrected chi connectivity index (χ4v) is 15.4. The summed E-state index contributed by atoms with van der Waals surface area (Å²) < 4.78 is 68.4. The van der Waals surface area contributed by atoms with E-state index in [2.05, 4.69) is 0 Å². The van der Waals surface area contributed by atoms with E-state index in [-0.39, 0.29) is 6.04 Å². The molecule has 0 amide bonds. The van der Waals surface area contributed by atoms with Crippen LogP contribution < -0.4 is 5.73 Å². The molecule has 0 aromatic heterocycles. The SMILES string of the molecule is CO[Si](OC)(OC)O[Si](CCCCCCN)(O[Si](OC)(OC)OC)O[Si](OC)(OC)OC. The van der Waals surface area contributed by atoms with Crippen molar-refractivity contribution in [3.63, 3.8) is 0 Å². The second kappa shape index (κ2) is 16.1. The molecule has 0 aliphatic heterocycles. The monoisotopic (exact) mass is 539 g/mol. The fourth-order valence-electron chi connectivity index (χ4n) is 2.75. The number of rotatable bonds is 21. The smallest absolute Gasteiger partial charge is 0.355 e. The predicted molar refractivity (Wildman–Crippen MR) is 122 cm³/mol. The highest BCUT2D eigenvalue weighted by molar-refractivity contribution is 6.82. The van der Waals surface area contributed by atoms with E-state index in [1.54, 1.807) is 0 Å². The summed E-state index contributed by atoms with van der Waals surface area (Å²) >= 11 is 0. The summed E-state index contributed by atoms with van der Waals surface area (Å²) in [5.41, 5.74) is 5.61. The third-order valence-corrected chi connectivity index (χ3v) is 16.7. The molecule has 0 aromatic carbocycles. The van der Waals surface area contributed by atoms with Gasteiger partial charge in [-0.2, -0.15) is 0 Å². The van der Waals surface area contributed by atoms with E-state index in [4.69, 9.17) is 57.9 Å². The molecule has 32 heavy (non-hydrogen) atoms. The van der Waals surface area contributed by atoms with Crippen LogP contribution in [0.1, 0.15) is 25.7 Å². The average Bonchev–Trinajstić information content (AvgIpc) is 2.84. The van der Waals surface area contributed by atoms with Crippen molar-refractivity contribution in [2.24, 2.45) is 5.73 Å². The van der Waals surface area contributed by atoms with Gasteiger partial charge in [0, 0.05) is 70.0 Å². The van der Waals surface area contributed by atoms with Gasteiger partial charge in [0.25, 0.3) is 0 Å². The molecule has 2 N–H and O–H groups in total. The van der Waals surface area contributed by atoms with Crippen molar-refractivity contribution in [3.8, 4) is 0 Å². The molecule has 0 radical (unpaired) electrons. The van der Waals surface area contributed by atoms with Gasteiger partial charge in [-0.3, -0.25) is 0 Å². The summed E-state index contributed by atoms with van der Waals surface area (Å²) in [4.78, 5) is 0. The molecule has 0 fully saturated rings. The minimum atomic E-state index is -3.92. The van der Waals surface area contributed by atoms with E-state index in [0.29, 0.717) is 13.0 Å². The lowest BCUT2D eigenvalue weighted by Crippen LogP contribution is -2.69. The molecule has 0 heterocycles. The molecule has 0 aliphatic rings. The highest BCUT2D eigenvalue weighted by atomic mass is 28.5. The summed E-state index contributed by atoms with van der Waals surface area (Å²) in [6.07, 6.45) is 3.30. The Kier molecular flexibility index (Phi) is 16.3. The van der Waals surface area contributed by atoms with Gasteiger partial charge in [0.2, 0.25) is 0 Å². The number of hydrogen-bond donors (Lipinski definition) is 1. The Bertz CT molecular complexity index is 403. The quantitative estimate of drug-likeness (QED) is 0.161. The van der Waals surface area contributed by atoms with Crippen LogP contribution in [0.3, 0.4) is 0 Å². The lowest BCUT2D eigenvalue weighted by molar-refractivity contribution is -0.0260. The van der Waals surface area contributed by atoms with Crippen LogP contribution in [0.5, 0.6) is 0 Å². The Morgan fingerprint density at radius 3 is 0.969 bits per heavy atom. The number of nitrogens with two attached hydrogens (primary N) is 1. The fraction of sp³-hybridized carbons (Fsp3) is 1.00. The van der Waals surface area contributed by atoms with Crippen LogP contribution in [0.2, 0.25) is 6.04 Å². The van der Waals surface area contributed by atoms with E-state index in [1.165, 1.54) is 64.0 Å². The zero-order valence-electron chi connectivity index (χ0n) is 20.7. The first kappa shape index (κ1) is 32.3. The first-order valence-electron chi connectivity index (χ1n) is 10.00. The summed E-state index contributed by atoms with van der Waals surface area (Å²) in [6.45, 7) is 0.610. The van der Waals surface area contributed by atoms with Gasteiger partial charge in [-0.15, -0.1) is 0 Å². The molecular formula is C15H41NO12Si4. The number of unbranched alkanes of at least 4 members (excludes halogenated alkanes) is 3. The lowest BCUT2D eigenvalue weighted by Gasteiger charge is -2.41. The molecule has 0 atom stereocenters. The Hall–Kier alpha value is 0.348. The van der Waals surface area contributed by atoms with Gasteiger partial charge < -0.3 is 57.9 Å². The van der Waals surface area contributed by atoms with Crippen molar-refractivity contribution in [1.82, 2.24) is 0 Å². The minimum Gasteiger partial charge on any atom is -0.355 e. The van der Waals surface area contributed by atoms with Crippen molar-refractivity contribution in [2.75, 3.05) is 70.5 Å². The van der Waals surface area contributed by atoms with E-state index in [1.807, 2.05) is 0 Å². The molecule has 0 unspecified atom stereocenters. The predicted octanol–water partition coefficient (Wildman–Crippen LogP) is 0.619. The van der Waals surface area contributed by atoms with E-state index in [0.717, 1.165) is 19.3 Å². The van der Waals surface area contributed by atoms with Crippen LogP contribution in [-0.2, 0) is 52.2 Å². The van der Waals surface area contributed by atoms with Crippen LogP contribution in [-0.4, -0.2) is 106 Å². The van der Waals surface area contributed by atoms with Crippen molar-refractivity contribution in [1.29, 1.82) is 0 Å². The summed E-state index contributed by atoms with van der Waals surface area (Å²) in [6, 6.07) is 0.290. The Balaban J connectivity index is 6.42. The maximum absolute atomic E-state index is 6.33. The van der Waals surface area contributed by atoms with Gasteiger partial charge >= 0.3 is 35.9 Å². The highest BCUT2D eigenvalue weighted by Crippen LogP contribution is 2.32. The van der Waals surface area contributed by atoms with Gasteiger partial charge in [0.15, 0.2) is 0 Å². The lowest BCUT2D eigenvalue weighted by atomic mass is 10.2. The summed E-state index contributed by atoms with van der Waals surface area (Å²) in [7, 11) is -2.39. The molecule has 13 nitrogen and oxygen atoms in total. The van der Waals surface area contributed by atoms with Crippen LogP contribution in [0.15, 0.2) is 0 Å². The molecule has 0 spiro atoms. The maximum Gasteiger partial charge on any atom is 0.671 e. The second-order valence-electron chi connectivity index (χ2n) is 6.28. The highest BCUT2D eigenvalue weighted by Gasteiger charge is 2.65. The summed E-state index contributed by atoms with van der Waals surface area (Å²) in [5.74, 6) is 0. The summed E-state index contributed by atoms with van der Waals surface area (Å²) in [5, 5.41) is 0. The van der Waals surface area contributed by atoms with Crippen molar-refractivity contribution in [2.45, 2.75) is 31.7 Å². The average molecular weight is 540 g/mol. The zero-order chi connectivity index (χ0) is 24.7. The standard InChI is InChI=1S/C15H41NO12Si4/c1-17-30(18-2,19-3)26-29(15-13-11-10-12-14-16,27-31(20-4,21-5)22-6)28-32(23-7,24-8)25-9/h10-16H2,1-9H3. The molecule has 194 valence electrons. The van der Waals surface area contributed by atoms with Crippen LogP contribution in [0.4, 0.5) is 0 Å². The van der Waals surface area contributed by atoms with Gasteiger partial charge in [-0.25, -0.2) is 0 Å². The van der Waals surface area contributed by atoms with E-state index < -0.39 is 35.9 Å². The first-order valence-corrected chi connectivity index (χ1v) is 16.8. The minimum absolute atomic E-state index is 0.290. The first-order chi connectivity index (χ1) is 15.2. The zero-order valence-corrected chi connectivity index (χ0v) is 24.7. The van der Waals surface area contributed by atoms with Gasteiger partial charge in [0.1, 0.15) is 0 Å². The Labute approximate surface area is 196 Å². The molecule has 0 aliphatic carbocycles. The second-order valence-corrected chi connectivity index (χ2v) is 17.3. The number of hydrogen-bond acceptors (Lipinski definition) is 13.